The van der Waals surface area contributed by atoms with Gasteiger partial charge >= 0.3 is 5.97 Å². The van der Waals surface area contributed by atoms with Crippen LogP contribution in [0.2, 0.25) is 0 Å². The molecule has 0 bridgehead atoms. The van der Waals surface area contributed by atoms with Crippen LogP contribution in [0.5, 0.6) is 17.2 Å². The standard InChI is InChI=1S/C24H24N4O7S/c1-32-18-9-13(10-19(33-2)21(18)34-3)22-27-28-24(35-22)36-12-20(29)26-17(23(30)31)8-14-11-25-16-7-5-4-6-15(14)16/h4-7,9-11,17,25H,8,12H2,1-3H3,(H,26,29)(H,30,31)/t17-/m0/s1. The average molecular weight is 513 g/mol. The van der Waals surface area contributed by atoms with Crippen molar-refractivity contribution in [3.05, 3.63) is 48.2 Å². The van der Waals surface area contributed by atoms with Crippen molar-refractivity contribution in [1.29, 1.82) is 0 Å². The highest BCUT2D eigenvalue weighted by molar-refractivity contribution is 7.99. The summed E-state index contributed by atoms with van der Waals surface area (Å²) < 4.78 is 21.7. The molecule has 4 aromatic rings. The highest BCUT2D eigenvalue weighted by Crippen LogP contribution is 2.41. The van der Waals surface area contributed by atoms with Crippen LogP contribution in [0.1, 0.15) is 5.56 Å². The number of amides is 1. The number of rotatable bonds is 11. The van der Waals surface area contributed by atoms with E-state index in [-0.39, 0.29) is 23.3 Å². The largest absolute Gasteiger partial charge is 0.493 e. The molecule has 0 spiro atoms. The second-order valence-corrected chi connectivity index (χ2v) is 8.52. The van der Waals surface area contributed by atoms with Gasteiger partial charge in [0.15, 0.2) is 11.5 Å². The highest BCUT2D eigenvalue weighted by atomic mass is 32.2. The fourth-order valence-corrected chi connectivity index (χ4v) is 4.25. The zero-order valence-corrected chi connectivity index (χ0v) is 20.5. The zero-order chi connectivity index (χ0) is 25.7. The number of aliphatic carboxylic acids is 1. The molecule has 4 rings (SSSR count). The predicted octanol–water partition coefficient (Wildman–Crippen LogP) is 3.15. The third-order valence-electron chi connectivity index (χ3n) is 5.38. The molecule has 2 aromatic carbocycles. The van der Waals surface area contributed by atoms with E-state index in [0.717, 1.165) is 28.2 Å². The first-order chi connectivity index (χ1) is 17.4. The number of ether oxygens (including phenoxy) is 3. The first-order valence-corrected chi connectivity index (χ1v) is 11.8. The van der Waals surface area contributed by atoms with Gasteiger partial charge in [-0.1, -0.05) is 30.0 Å². The maximum absolute atomic E-state index is 12.5. The van der Waals surface area contributed by atoms with Gasteiger partial charge in [0.25, 0.3) is 5.22 Å². The molecule has 0 aliphatic rings. The van der Waals surface area contributed by atoms with Crippen LogP contribution >= 0.6 is 11.8 Å². The van der Waals surface area contributed by atoms with E-state index in [2.05, 4.69) is 20.5 Å². The first-order valence-electron chi connectivity index (χ1n) is 10.8. The Bertz CT molecular complexity index is 1360. The summed E-state index contributed by atoms with van der Waals surface area (Å²) in [5.41, 5.74) is 2.24. The number of aromatic amines is 1. The second kappa shape index (κ2) is 11.0. The normalized spacial score (nSPS) is 11.8. The summed E-state index contributed by atoms with van der Waals surface area (Å²) >= 11 is 0.997. The van der Waals surface area contributed by atoms with Crippen LogP contribution in [0.3, 0.4) is 0 Å². The molecule has 0 saturated carbocycles. The van der Waals surface area contributed by atoms with Gasteiger partial charge in [0.2, 0.25) is 17.5 Å². The van der Waals surface area contributed by atoms with Crippen molar-refractivity contribution in [1.82, 2.24) is 20.5 Å². The van der Waals surface area contributed by atoms with Crippen LogP contribution in [0.4, 0.5) is 0 Å². The Kier molecular flexibility index (Phi) is 7.64. The first kappa shape index (κ1) is 24.9. The molecular formula is C24H24N4O7S. The van der Waals surface area contributed by atoms with E-state index in [9.17, 15) is 14.7 Å². The van der Waals surface area contributed by atoms with Crippen molar-refractivity contribution < 1.29 is 33.3 Å². The quantitative estimate of drug-likeness (QED) is 0.256. The summed E-state index contributed by atoms with van der Waals surface area (Å²) in [5, 5.41) is 21.2. The number of benzene rings is 2. The number of hydrogen-bond acceptors (Lipinski definition) is 9. The van der Waals surface area contributed by atoms with Crippen molar-refractivity contribution >= 4 is 34.5 Å². The van der Waals surface area contributed by atoms with Gasteiger partial charge in [-0.15, -0.1) is 10.2 Å². The summed E-state index contributed by atoms with van der Waals surface area (Å²) in [6, 6.07) is 9.81. The maximum atomic E-state index is 12.5. The number of para-hydroxylation sites is 1. The molecule has 0 radical (unpaired) electrons. The molecule has 188 valence electrons. The third kappa shape index (κ3) is 5.38. The number of hydrogen-bond donors (Lipinski definition) is 3. The Balaban J connectivity index is 1.40. The summed E-state index contributed by atoms with van der Waals surface area (Å²) in [7, 11) is 4.50. The van der Waals surface area contributed by atoms with Crippen LogP contribution in [-0.2, 0) is 16.0 Å². The van der Waals surface area contributed by atoms with E-state index in [0.29, 0.717) is 22.8 Å². The second-order valence-electron chi connectivity index (χ2n) is 7.60. The number of carboxylic acids is 1. The SMILES string of the molecule is COc1cc(-c2nnc(SCC(=O)N[C@@H](Cc3c[nH]c4ccccc34)C(=O)O)o2)cc(OC)c1OC. The molecule has 11 nitrogen and oxygen atoms in total. The van der Waals surface area contributed by atoms with Gasteiger partial charge in [0.05, 0.1) is 27.1 Å². The molecule has 36 heavy (non-hydrogen) atoms. The monoisotopic (exact) mass is 512 g/mol. The average Bonchev–Trinajstić information content (AvgIpc) is 3.53. The molecule has 0 aliphatic carbocycles. The maximum Gasteiger partial charge on any atom is 0.326 e. The van der Waals surface area contributed by atoms with Gasteiger partial charge in [0, 0.05) is 29.1 Å². The van der Waals surface area contributed by atoms with Crippen LogP contribution in [-0.4, -0.2) is 65.3 Å². The number of methoxy groups -OCH3 is 3. The van der Waals surface area contributed by atoms with Gasteiger partial charge in [-0.05, 0) is 23.8 Å². The minimum Gasteiger partial charge on any atom is -0.493 e. The summed E-state index contributed by atoms with van der Waals surface area (Å²) in [4.78, 5) is 27.4. The van der Waals surface area contributed by atoms with Crippen molar-refractivity contribution in [2.75, 3.05) is 27.1 Å². The van der Waals surface area contributed by atoms with E-state index >= 15 is 0 Å². The van der Waals surface area contributed by atoms with Crippen molar-refractivity contribution in [3.8, 4) is 28.7 Å². The number of carbonyl (C=O) groups excluding carboxylic acids is 1. The van der Waals surface area contributed by atoms with E-state index in [4.69, 9.17) is 18.6 Å². The molecule has 1 amide bonds. The zero-order valence-electron chi connectivity index (χ0n) is 19.7. The molecular weight excluding hydrogens is 488 g/mol. The van der Waals surface area contributed by atoms with Crippen molar-refractivity contribution in [2.45, 2.75) is 17.7 Å². The number of aromatic nitrogens is 3. The Morgan fingerprint density at radius 3 is 2.50 bits per heavy atom. The Hall–Kier alpha value is -4.19. The minimum absolute atomic E-state index is 0.103. The van der Waals surface area contributed by atoms with E-state index in [1.54, 1.807) is 18.3 Å². The number of nitrogens with zero attached hydrogens (tertiary/aromatic N) is 2. The predicted molar refractivity (Wildman–Crippen MR) is 132 cm³/mol. The van der Waals surface area contributed by atoms with E-state index in [1.807, 2.05) is 24.3 Å². The molecule has 1 atom stereocenters. The summed E-state index contributed by atoms with van der Waals surface area (Å²) in [5.74, 6) is -0.229. The molecule has 0 unspecified atom stereocenters. The molecule has 0 fully saturated rings. The lowest BCUT2D eigenvalue weighted by Crippen LogP contribution is -2.43. The number of H-pyrrole nitrogens is 1. The van der Waals surface area contributed by atoms with Gasteiger partial charge in [-0.2, -0.15) is 0 Å². The number of fused-ring (bicyclic) bond motifs is 1. The number of thioether (sulfide) groups is 1. The number of carbonyl (C=O) groups is 2. The van der Waals surface area contributed by atoms with Crippen molar-refractivity contribution in [2.24, 2.45) is 0 Å². The summed E-state index contributed by atoms with van der Waals surface area (Å²) in [6.45, 7) is 0. The number of carboxylic acid groups (broad SMARTS) is 1. The topological polar surface area (TPSA) is 149 Å². The lowest BCUT2D eigenvalue weighted by atomic mass is 10.1. The molecule has 2 heterocycles. The van der Waals surface area contributed by atoms with Gasteiger partial charge < -0.3 is 34.0 Å². The lowest BCUT2D eigenvalue weighted by molar-refractivity contribution is -0.141. The van der Waals surface area contributed by atoms with E-state index < -0.39 is 17.9 Å². The Morgan fingerprint density at radius 1 is 1.11 bits per heavy atom. The molecule has 0 saturated heterocycles. The molecule has 3 N–H and O–H groups in total. The lowest BCUT2D eigenvalue weighted by Gasteiger charge is -2.13. The third-order valence-corrected chi connectivity index (χ3v) is 6.20. The van der Waals surface area contributed by atoms with Crippen molar-refractivity contribution in [3.63, 3.8) is 0 Å². The minimum atomic E-state index is -1.12. The van der Waals surface area contributed by atoms with Gasteiger partial charge in [0.1, 0.15) is 6.04 Å². The van der Waals surface area contributed by atoms with Gasteiger partial charge in [-0.25, -0.2) is 4.79 Å². The Morgan fingerprint density at radius 2 is 1.83 bits per heavy atom. The highest BCUT2D eigenvalue weighted by Gasteiger charge is 2.23. The van der Waals surface area contributed by atoms with E-state index in [1.165, 1.54) is 21.3 Å². The van der Waals surface area contributed by atoms with Crippen LogP contribution in [0.25, 0.3) is 22.4 Å². The fraction of sp³-hybridized carbons (Fsp3) is 0.250. The Labute approximate surface area is 210 Å². The van der Waals surface area contributed by atoms with Crippen LogP contribution in [0, 0.1) is 0 Å². The molecule has 0 aliphatic heterocycles. The summed E-state index contributed by atoms with van der Waals surface area (Å²) in [6.07, 6.45) is 1.90. The smallest absolute Gasteiger partial charge is 0.326 e. The van der Waals surface area contributed by atoms with Crippen LogP contribution < -0.4 is 19.5 Å². The van der Waals surface area contributed by atoms with Crippen LogP contribution in [0.15, 0.2) is 52.2 Å². The number of nitrogens with one attached hydrogen (secondary N) is 2. The molecule has 2 aromatic heterocycles. The van der Waals surface area contributed by atoms with Gasteiger partial charge in [-0.3, -0.25) is 4.79 Å². The fourth-order valence-electron chi connectivity index (χ4n) is 3.67. The molecule has 12 heteroatoms.